The highest BCUT2D eigenvalue weighted by Gasteiger charge is 2.67. The standard InChI is InChI=1S/C21H34O5/c1-19-7-5-13(23)9-12(19)3-4-14-15-6-8-21(26,17(25)11-22)20(15,2)10-16(24)18(14)19/h9,13-18,22-26H,3-8,10-11H2,1-2H3/t13?,14-,15-,16?,17?,18+,19-,20-,21-/m0/s1. The molecule has 26 heavy (non-hydrogen) atoms. The van der Waals surface area contributed by atoms with Crippen LogP contribution >= 0.6 is 0 Å². The molecule has 3 unspecified atom stereocenters. The van der Waals surface area contributed by atoms with Crippen molar-refractivity contribution >= 4 is 0 Å². The summed E-state index contributed by atoms with van der Waals surface area (Å²) >= 11 is 0. The number of hydrogen-bond donors (Lipinski definition) is 5. The van der Waals surface area contributed by atoms with Gasteiger partial charge in [-0.25, -0.2) is 0 Å². The Morgan fingerprint density at radius 3 is 2.58 bits per heavy atom. The normalized spacial score (nSPS) is 54.7. The van der Waals surface area contributed by atoms with E-state index in [0.29, 0.717) is 18.8 Å². The largest absolute Gasteiger partial charge is 0.394 e. The van der Waals surface area contributed by atoms with Gasteiger partial charge in [-0.1, -0.05) is 25.5 Å². The predicted molar refractivity (Wildman–Crippen MR) is 97.1 cm³/mol. The van der Waals surface area contributed by atoms with Gasteiger partial charge in [-0.2, -0.15) is 0 Å². The third kappa shape index (κ3) is 2.27. The Labute approximate surface area is 155 Å². The second-order valence-corrected chi connectivity index (χ2v) is 9.90. The lowest BCUT2D eigenvalue weighted by Gasteiger charge is -2.61. The zero-order valence-corrected chi connectivity index (χ0v) is 15.9. The van der Waals surface area contributed by atoms with Crippen LogP contribution in [0, 0.1) is 28.6 Å². The molecule has 3 saturated carbocycles. The van der Waals surface area contributed by atoms with Gasteiger partial charge in [-0.15, -0.1) is 0 Å². The fraction of sp³-hybridized carbons (Fsp3) is 0.905. The molecule has 0 aromatic carbocycles. The van der Waals surface area contributed by atoms with Crippen molar-refractivity contribution in [1.29, 1.82) is 0 Å². The smallest absolute Gasteiger partial charge is 0.106 e. The highest BCUT2D eigenvalue weighted by atomic mass is 16.4. The molecule has 3 fully saturated rings. The van der Waals surface area contributed by atoms with Crippen molar-refractivity contribution < 1.29 is 25.5 Å². The number of hydrogen-bond acceptors (Lipinski definition) is 5. The van der Waals surface area contributed by atoms with E-state index < -0.39 is 29.8 Å². The topological polar surface area (TPSA) is 101 Å². The second kappa shape index (κ2) is 6.02. The number of aliphatic hydroxyl groups excluding tert-OH is 4. The SMILES string of the molecule is C[C@]12CCC(O)C=C1CC[C@@H]1[C@@H]2C(O)C[C@@]2(C)[C@H]1CC[C@]2(O)C(O)CO. The number of rotatable bonds is 2. The van der Waals surface area contributed by atoms with E-state index in [1.165, 1.54) is 5.57 Å². The van der Waals surface area contributed by atoms with Gasteiger partial charge in [0.15, 0.2) is 0 Å². The fourth-order valence-corrected chi connectivity index (χ4v) is 7.57. The molecule has 0 aromatic rings. The predicted octanol–water partition coefficient (Wildman–Crippen LogP) is 1.37. The molecule has 9 atom stereocenters. The minimum atomic E-state index is -1.34. The maximum Gasteiger partial charge on any atom is 0.106 e. The van der Waals surface area contributed by atoms with Crippen LogP contribution in [0.4, 0.5) is 0 Å². The monoisotopic (exact) mass is 366 g/mol. The number of aliphatic hydroxyl groups is 5. The highest BCUT2D eigenvalue weighted by molar-refractivity contribution is 5.27. The van der Waals surface area contributed by atoms with E-state index in [1.54, 1.807) is 0 Å². The van der Waals surface area contributed by atoms with Crippen molar-refractivity contribution in [1.82, 2.24) is 0 Å². The average molecular weight is 366 g/mol. The van der Waals surface area contributed by atoms with Gasteiger partial charge in [0.05, 0.1) is 24.4 Å². The molecule has 0 amide bonds. The van der Waals surface area contributed by atoms with E-state index in [2.05, 4.69) is 6.92 Å². The van der Waals surface area contributed by atoms with Crippen LogP contribution in [0.2, 0.25) is 0 Å². The van der Waals surface area contributed by atoms with Gasteiger partial charge in [0.25, 0.3) is 0 Å². The van der Waals surface area contributed by atoms with Crippen molar-refractivity contribution in [3.05, 3.63) is 11.6 Å². The molecule has 0 aliphatic heterocycles. The van der Waals surface area contributed by atoms with Crippen molar-refractivity contribution in [3.63, 3.8) is 0 Å². The summed E-state index contributed by atoms with van der Waals surface area (Å²) in [6, 6.07) is 0. The summed E-state index contributed by atoms with van der Waals surface area (Å²) in [5.74, 6) is 0.690. The van der Waals surface area contributed by atoms with Gasteiger partial charge in [-0.3, -0.25) is 0 Å². The van der Waals surface area contributed by atoms with Crippen LogP contribution < -0.4 is 0 Å². The van der Waals surface area contributed by atoms with Crippen molar-refractivity contribution in [3.8, 4) is 0 Å². The van der Waals surface area contributed by atoms with E-state index in [1.807, 2.05) is 13.0 Å². The van der Waals surface area contributed by atoms with Crippen LogP contribution in [0.5, 0.6) is 0 Å². The molecule has 0 spiro atoms. The van der Waals surface area contributed by atoms with Crippen LogP contribution in [-0.4, -0.2) is 56.1 Å². The van der Waals surface area contributed by atoms with E-state index in [0.717, 1.165) is 32.1 Å². The van der Waals surface area contributed by atoms with Gasteiger partial charge in [0.1, 0.15) is 6.10 Å². The molecule has 0 bridgehead atoms. The maximum atomic E-state index is 11.3. The number of allylic oxidation sites excluding steroid dienone is 1. The van der Waals surface area contributed by atoms with Crippen LogP contribution in [0.25, 0.3) is 0 Å². The van der Waals surface area contributed by atoms with Crippen LogP contribution in [-0.2, 0) is 0 Å². The first-order chi connectivity index (χ1) is 12.2. The van der Waals surface area contributed by atoms with E-state index in [9.17, 15) is 25.5 Å². The minimum absolute atomic E-state index is 0.0841. The molecule has 4 aliphatic carbocycles. The first kappa shape index (κ1) is 18.9. The van der Waals surface area contributed by atoms with Crippen molar-refractivity contribution in [2.24, 2.45) is 28.6 Å². The molecule has 0 aromatic heterocycles. The van der Waals surface area contributed by atoms with E-state index in [4.69, 9.17) is 0 Å². The first-order valence-electron chi connectivity index (χ1n) is 10.3. The second-order valence-electron chi connectivity index (χ2n) is 9.90. The fourth-order valence-electron chi connectivity index (χ4n) is 7.57. The molecular weight excluding hydrogens is 332 g/mol. The van der Waals surface area contributed by atoms with Gasteiger partial charge in [0, 0.05) is 5.41 Å². The molecule has 0 saturated heterocycles. The Kier molecular flexibility index (Phi) is 4.37. The molecule has 5 nitrogen and oxygen atoms in total. The first-order valence-corrected chi connectivity index (χ1v) is 10.3. The molecule has 0 radical (unpaired) electrons. The lowest BCUT2D eigenvalue weighted by molar-refractivity contribution is -0.208. The zero-order valence-electron chi connectivity index (χ0n) is 15.9. The summed E-state index contributed by atoms with van der Waals surface area (Å²) < 4.78 is 0. The van der Waals surface area contributed by atoms with Crippen LogP contribution in [0.15, 0.2) is 11.6 Å². The maximum absolute atomic E-state index is 11.3. The molecule has 0 heterocycles. The van der Waals surface area contributed by atoms with Gasteiger partial charge in [0.2, 0.25) is 0 Å². The Bertz CT molecular complexity index is 605. The Balaban J connectivity index is 1.71. The van der Waals surface area contributed by atoms with Gasteiger partial charge in [-0.05, 0) is 68.1 Å². The van der Waals surface area contributed by atoms with E-state index >= 15 is 0 Å². The molecule has 5 N–H and O–H groups in total. The molecular formula is C21H34O5. The molecule has 148 valence electrons. The lowest BCUT2D eigenvalue weighted by Crippen LogP contribution is -2.63. The summed E-state index contributed by atoms with van der Waals surface area (Å²) in [4.78, 5) is 0. The van der Waals surface area contributed by atoms with Crippen LogP contribution in [0.1, 0.15) is 58.8 Å². The molecule has 4 rings (SSSR count). The van der Waals surface area contributed by atoms with Crippen molar-refractivity contribution in [2.45, 2.75) is 82.7 Å². The summed E-state index contributed by atoms with van der Waals surface area (Å²) in [5, 5.41) is 52.4. The quantitative estimate of drug-likeness (QED) is 0.475. The third-order valence-corrected chi connectivity index (χ3v) is 8.96. The summed E-state index contributed by atoms with van der Waals surface area (Å²) in [6.07, 6.45) is 5.24. The van der Waals surface area contributed by atoms with Gasteiger partial charge < -0.3 is 25.5 Å². The zero-order chi connectivity index (χ0) is 18.9. The summed E-state index contributed by atoms with van der Waals surface area (Å²) in [6.45, 7) is 3.80. The summed E-state index contributed by atoms with van der Waals surface area (Å²) in [7, 11) is 0. The molecule has 5 heteroatoms. The molecule has 4 aliphatic rings. The third-order valence-electron chi connectivity index (χ3n) is 8.96. The average Bonchev–Trinajstić information content (AvgIpc) is 2.86. The highest BCUT2D eigenvalue weighted by Crippen LogP contribution is 2.68. The Morgan fingerprint density at radius 2 is 1.88 bits per heavy atom. The number of fused-ring (bicyclic) bond motifs is 5. The van der Waals surface area contributed by atoms with Crippen molar-refractivity contribution in [2.75, 3.05) is 6.61 Å². The Hall–Kier alpha value is -0.460. The summed E-state index contributed by atoms with van der Waals surface area (Å²) in [5.41, 5.74) is -0.706. The lowest BCUT2D eigenvalue weighted by atomic mass is 9.45. The minimum Gasteiger partial charge on any atom is -0.394 e. The van der Waals surface area contributed by atoms with E-state index in [-0.39, 0.29) is 23.4 Å². The van der Waals surface area contributed by atoms with Gasteiger partial charge >= 0.3 is 0 Å². The Morgan fingerprint density at radius 1 is 1.15 bits per heavy atom. The van der Waals surface area contributed by atoms with Crippen LogP contribution in [0.3, 0.4) is 0 Å².